The smallest absolute Gasteiger partial charge is 0.261 e. The molecule has 2 N–H and O–H groups in total. The molecule has 96 valence electrons. The van der Waals surface area contributed by atoms with E-state index < -0.39 is 0 Å². The van der Waals surface area contributed by atoms with Crippen molar-refractivity contribution in [2.75, 3.05) is 6.61 Å². The molecular weight excluding hydrogens is 253 g/mol. The van der Waals surface area contributed by atoms with Crippen LogP contribution in [0.25, 0.3) is 10.1 Å². The Morgan fingerprint density at radius 2 is 2.33 bits per heavy atom. The summed E-state index contributed by atoms with van der Waals surface area (Å²) in [4.78, 5) is 12.4. The van der Waals surface area contributed by atoms with E-state index in [2.05, 4.69) is 5.32 Å². The number of carbonyl (C=O) groups is 1. The number of rotatable bonds is 4. The van der Waals surface area contributed by atoms with Gasteiger partial charge in [0.15, 0.2) is 0 Å². The summed E-state index contributed by atoms with van der Waals surface area (Å²) in [5, 5.41) is 12.0. The van der Waals surface area contributed by atoms with E-state index >= 15 is 0 Å². The third-order valence-electron chi connectivity index (χ3n) is 2.67. The molecule has 18 heavy (non-hydrogen) atoms. The van der Waals surface area contributed by atoms with Crippen LogP contribution >= 0.6 is 11.3 Å². The maximum atomic E-state index is 13.5. The van der Waals surface area contributed by atoms with Gasteiger partial charge in [0.1, 0.15) is 5.82 Å². The average molecular weight is 267 g/mol. The summed E-state index contributed by atoms with van der Waals surface area (Å²) in [5.41, 5.74) is 0. The third-order valence-corrected chi connectivity index (χ3v) is 3.77. The van der Waals surface area contributed by atoms with Gasteiger partial charge in [-0.05, 0) is 31.5 Å². The predicted octanol–water partition coefficient (Wildman–Crippen LogP) is 2.54. The summed E-state index contributed by atoms with van der Waals surface area (Å²) in [7, 11) is 0. The van der Waals surface area contributed by atoms with Gasteiger partial charge < -0.3 is 10.4 Å². The minimum atomic E-state index is -0.314. The molecule has 0 saturated carbocycles. The molecular formula is C13H14FNO2S. The zero-order valence-electron chi connectivity index (χ0n) is 9.94. The zero-order chi connectivity index (χ0) is 13.1. The molecule has 1 heterocycles. The van der Waals surface area contributed by atoms with Crippen LogP contribution in [0.1, 0.15) is 23.0 Å². The number of amides is 1. The van der Waals surface area contributed by atoms with Gasteiger partial charge in [-0.2, -0.15) is 0 Å². The molecule has 0 aliphatic rings. The molecule has 0 spiro atoms. The van der Waals surface area contributed by atoms with Gasteiger partial charge in [-0.25, -0.2) is 4.39 Å². The van der Waals surface area contributed by atoms with E-state index in [0.29, 0.717) is 16.7 Å². The van der Waals surface area contributed by atoms with Crippen LogP contribution in [0.3, 0.4) is 0 Å². The van der Waals surface area contributed by atoms with Crippen LogP contribution < -0.4 is 5.32 Å². The number of hydrogen-bond acceptors (Lipinski definition) is 3. The van der Waals surface area contributed by atoms with Crippen LogP contribution in [0.15, 0.2) is 24.3 Å². The molecule has 1 aromatic carbocycles. The van der Waals surface area contributed by atoms with Crippen LogP contribution in [0, 0.1) is 5.82 Å². The molecule has 1 aromatic heterocycles. The van der Waals surface area contributed by atoms with Crippen LogP contribution in [0.5, 0.6) is 0 Å². The van der Waals surface area contributed by atoms with E-state index in [1.165, 1.54) is 17.4 Å². The number of fused-ring (bicyclic) bond motifs is 1. The highest BCUT2D eigenvalue weighted by Crippen LogP contribution is 2.27. The highest BCUT2D eigenvalue weighted by Gasteiger charge is 2.14. The number of aliphatic hydroxyl groups excluding tert-OH is 1. The molecule has 0 aliphatic heterocycles. The normalized spacial score (nSPS) is 12.6. The summed E-state index contributed by atoms with van der Waals surface area (Å²) in [5.74, 6) is -0.539. The van der Waals surface area contributed by atoms with Crippen molar-refractivity contribution in [1.82, 2.24) is 5.32 Å². The highest BCUT2D eigenvalue weighted by molar-refractivity contribution is 7.20. The number of carbonyl (C=O) groups excluding carboxylic acids is 1. The van der Waals surface area contributed by atoms with Crippen molar-refractivity contribution in [1.29, 1.82) is 0 Å². The summed E-state index contributed by atoms with van der Waals surface area (Å²) in [6, 6.07) is 6.26. The Bertz CT molecular complexity index is 567. The first-order chi connectivity index (χ1) is 8.61. The Kier molecular flexibility index (Phi) is 3.93. The lowest BCUT2D eigenvalue weighted by Gasteiger charge is -2.10. The maximum Gasteiger partial charge on any atom is 0.261 e. The second-order valence-electron chi connectivity index (χ2n) is 4.15. The second-order valence-corrected chi connectivity index (χ2v) is 5.23. The van der Waals surface area contributed by atoms with Gasteiger partial charge in [-0.1, -0.05) is 6.07 Å². The zero-order valence-corrected chi connectivity index (χ0v) is 10.8. The van der Waals surface area contributed by atoms with Crippen molar-refractivity contribution in [2.24, 2.45) is 0 Å². The van der Waals surface area contributed by atoms with E-state index in [0.717, 1.165) is 4.70 Å². The van der Waals surface area contributed by atoms with Crippen LogP contribution in [-0.2, 0) is 0 Å². The van der Waals surface area contributed by atoms with Crippen LogP contribution in [0.4, 0.5) is 4.39 Å². The van der Waals surface area contributed by atoms with E-state index in [9.17, 15) is 9.18 Å². The lowest BCUT2D eigenvalue weighted by molar-refractivity contribution is 0.0938. The highest BCUT2D eigenvalue weighted by atomic mass is 32.1. The Labute approximate surface area is 108 Å². The number of thiophene rings is 1. The fraction of sp³-hybridized carbons (Fsp3) is 0.308. The molecule has 2 aromatic rings. The van der Waals surface area contributed by atoms with E-state index in [1.54, 1.807) is 18.2 Å². The second kappa shape index (κ2) is 5.46. The molecule has 0 saturated heterocycles. The molecule has 0 fully saturated rings. The van der Waals surface area contributed by atoms with Crippen molar-refractivity contribution in [2.45, 2.75) is 19.4 Å². The Balaban J connectivity index is 2.21. The van der Waals surface area contributed by atoms with Gasteiger partial charge in [0.05, 0.1) is 4.88 Å². The number of benzene rings is 1. The summed E-state index contributed by atoms with van der Waals surface area (Å²) in [6.07, 6.45) is 0.505. The van der Waals surface area contributed by atoms with Crippen molar-refractivity contribution in [3.05, 3.63) is 35.0 Å². The largest absolute Gasteiger partial charge is 0.396 e. The summed E-state index contributed by atoms with van der Waals surface area (Å²) >= 11 is 1.27. The number of aliphatic hydroxyl groups is 1. The Morgan fingerprint density at radius 3 is 3.00 bits per heavy atom. The molecule has 0 radical (unpaired) electrons. The lowest BCUT2D eigenvalue weighted by atomic mass is 10.2. The number of halogens is 1. The van der Waals surface area contributed by atoms with Crippen LogP contribution in [0.2, 0.25) is 0 Å². The SMILES string of the molecule is CC(CCO)NC(=O)c1cc2c(F)cccc2s1. The average Bonchev–Trinajstić information content (AvgIpc) is 2.74. The van der Waals surface area contributed by atoms with E-state index in [1.807, 2.05) is 6.92 Å². The van der Waals surface area contributed by atoms with Crippen LogP contribution in [-0.4, -0.2) is 23.7 Å². The molecule has 2 rings (SSSR count). The van der Waals surface area contributed by atoms with Gasteiger partial charge in [-0.15, -0.1) is 11.3 Å². The van der Waals surface area contributed by atoms with Crippen molar-refractivity contribution < 1.29 is 14.3 Å². The van der Waals surface area contributed by atoms with Crippen molar-refractivity contribution >= 4 is 27.3 Å². The lowest BCUT2D eigenvalue weighted by Crippen LogP contribution is -2.32. The van der Waals surface area contributed by atoms with Crippen molar-refractivity contribution in [3.8, 4) is 0 Å². The maximum absolute atomic E-state index is 13.5. The van der Waals surface area contributed by atoms with Gasteiger partial charge in [0.2, 0.25) is 0 Å². The first-order valence-corrected chi connectivity index (χ1v) is 6.53. The molecule has 5 heteroatoms. The third kappa shape index (κ3) is 2.68. The fourth-order valence-corrected chi connectivity index (χ4v) is 2.68. The van der Waals surface area contributed by atoms with Gasteiger partial charge >= 0.3 is 0 Å². The van der Waals surface area contributed by atoms with Gasteiger partial charge in [0, 0.05) is 22.7 Å². The topological polar surface area (TPSA) is 49.3 Å². The van der Waals surface area contributed by atoms with E-state index in [-0.39, 0.29) is 24.4 Å². The Morgan fingerprint density at radius 1 is 1.56 bits per heavy atom. The molecule has 0 aliphatic carbocycles. The Hall–Kier alpha value is -1.46. The monoisotopic (exact) mass is 267 g/mol. The quantitative estimate of drug-likeness (QED) is 0.894. The summed E-state index contributed by atoms with van der Waals surface area (Å²) < 4.78 is 14.2. The standard InChI is InChI=1S/C13H14FNO2S/c1-8(5-6-16)15-13(17)12-7-9-10(14)3-2-4-11(9)18-12/h2-4,7-8,16H,5-6H2,1H3,(H,15,17). The summed E-state index contributed by atoms with van der Waals surface area (Å²) in [6.45, 7) is 1.85. The first-order valence-electron chi connectivity index (χ1n) is 5.71. The number of hydrogen-bond donors (Lipinski definition) is 2. The first kappa shape index (κ1) is 13.0. The predicted molar refractivity (Wildman–Crippen MR) is 70.4 cm³/mol. The van der Waals surface area contributed by atoms with Gasteiger partial charge in [0.25, 0.3) is 5.91 Å². The fourth-order valence-electron chi connectivity index (χ4n) is 1.70. The number of nitrogens with one attached hydrogen (secondary N) is 1. The van der Waals surface area contributed by atoms with E-state index in [4.69, 9.17) is 5.11 Å². The molecule has 3 nitrogen and oxygen atoms in total. The molecule has 1 amide bonds. The van der Waals surface area contributed by atoms with Crippen molar-refractivity contribution in [3.63, 3.8) is 0 Å². The molecule has 1 unspecified atom stereocenters. The van der Waals surface area contributed by atoms with Gasteiger partial charge in [-0.3, -0.25) is 4.79 Å². The molecule has 0 bridgehead atoms. The minimum absolute atomic E-state index is 0.0302. The molecule has 1 atom stereocenters. The minimum Gasteiger partial charge on any atom is -0.396 e.